The fourth-order valence-electron chi connectivity index (χ4n) is 2.97. The van der Waals surface area contributed by atoms with Crippen molar-refractivity contribution < 1.29 is 4.79 Å². The Labute approximate surface area is 160 Å². The molecule has 0 aliphatic rings. The van der Waals surface area contributed by atoms with Crippen LogP contribution in [0.4, 0.5) is 17.2 Å². The maximum absolute atomic E-state index is 13.1. The Morgan fingerprint density at radius 2 is 1.78 bits per heavy atom. The zero-order valence-corrected chi connectivity index (χ0v) is 16.2. The highest BCUT2D eigenvalue weighted by atomic mass is 16.2. The first-order valence-corrected chi connectivity index (χ1v) is 9.05. The lowest BCUT2D eigenvalue weighted by atomic mass is 10.2. The van der Waals surface area contributed by atoms with E-state index in [1.807, 2.05) is 69.3 Å². The van der Waals surface area contributed by atoms with Gasteiger partial charge in [0.25, 0.3) is 5.91 Å². The standard InChI is InChI=1S/C22H24N4O/c1-5-26(18-11-8-9-15(2)13-18)22(27)20-14-21(24-17(4)23-20)25-19-12-7-6-10-16(19)3/h6-14H,5H2,1-4H3,(H,23,24,25). The molecule has 5 nitrogen and oxygen atoms in total. The van der Waals surface area contributed by atoms with Crippen LogP contribution in [0.1, 0.15) is 34.4 Å². The highest BCUT2D eigenvalue weighted by Gasteiger charge is 2.19. The average molecular weight is 360 g/mol. The van der Waals surface area contributed by atoms with Gasteiger partial charge in [0.2, 0.25) is 0 Å². The summed E-state index contributed by atoms with van der Waals surface area (Å²) < 4.78 is 0. The molecule has 2 aromatic carbocycles. The summed E-state index contributed by atoms with van der Waals surface area (Å²) in [4.78, 5) is 23.7. The minimum atomic E-state index is -0.138. The van der Waals surface area contributed by atoms with E-state index < -0.39 is 0 Å². The third-order valence-electron chi connectivity index (χ3n) is 4.34. The number of amides is 1. The molecule has 0 unspecified atom stereocenters. The zero-order chi connectivity index (χ0) is 19.4. The van der Waals surface area contributed by atoms with E-state index in [-0.39, 0.29) is 5.91 Å². The van der Waals surface area contributed by atoms with Gasteiger partial charge in [-0.15, -0.1) is 0 Å². The molecular weight excluding hydrogens is 336 g/mol. The van der Waals surface area contributed by atoms with E-state index in [0.717, 1.165) is 22.5 Å². The van der Waals surface area contributed by atoms with Gasteiger partial charge in [-0.05, 0) is 57.0 Å². The Bertz CT molecular complexity index is 968. The van der Waals surface area contributed by atoms with Crippen molar-refractivity contribution in [1.29, 1.82) is 0 Å². The third kappa shape index (κ3) is 4.31. The summed E-state index contributed by atoms with van der Waals surface area (Å²) in [5.41, 5.74) is 4.42. The van der Waals surface area contributed by atoms with Crippen LogP contribution in [0.25, 0.3) is 0 Å². The van der Waals surface area contributed by atoms with Crippen molar-refractivity contribution in [2.24, 2.45) is 0 Å². The van der Waals surface area contributed by atoms with Crippen LogP contribution in [0.2, 0.25) is 0 Å². The Hall–Kier alpha value is -3.21. The number of para-hydroxylation sites is 1. The van der Waals surface area contributed by atoms with Gasteiger partial charge < -0.3 is 10.2 Å². The lowest BCUT2D eigenvalue weighted by Gasteiger charge is -2.21. The molecule has 0 aliphatic heterocycles. The quantitative estimate of drug-likeness (QED) is 0.709. The number of nitrogens with one attached hydrogen (secondary N) is 1. The summed E-state index contributed by atoms with van der Waals surface area (Å²) in [6.45, 7) is 8.36. The topological polar surface area (TPSA) is 58.1 Å². The van der Waals surface area contributed by atoms with Crippen molar-refractivity contribution in [3.8, 4) is 0 Å². The molecule has 138 valence electrons. The van der Waals surface area contributed by atoms with Crippen molar-refractivity contribution in [2.75, 3.05) is 16.8 Å². The lowest BCUT2D eigenvalue weighted by molar-refractivity contribution is 0.0983. The number of benzene rings is 2. The summed E-state index contributed by atoms with van der Waals surface area (Å²) in [7, 11) is 0. The Balaban J connectivity index is 1.92. The Kier molecular flexibility index (Phi) is 5.50. The number of carbonyl (C=O) groups excluding carboxylic acids is 1. The Morgan fingerprint density at radius 1 is 1.00 bits per heavy atom. The van der Waals surface area contributed by atoms with Gasteiger partial charge in [0.05, 0.1) is 0 Å². The second-order valence-corrected chi connectivity index (χ2v) is 6.51. The van der Waals surface area contributed by atoms with Crippen LogP contribution in [-0.4, -0.2) is 22.4 Å². The first-order chi connectivity index (χ1) is 13.0. The molecule has 3 aromatic rings. The van der Waals surface area contributed by atoms with Crippen LogP contribution >= 0.6 is 0 Å². The summed E-state index contributed by atoms with van der Waals surface area (Å²) in [6, 6.07) is 17.6. The predicted octanol–water partition coefficient (Wildman–Crippen LogP) is 4.81. The maximum atomic E-state index is 13.1. The van der Waals surface area contributed by atoms with E-state index in [9.17, 15) is 4.79 Å². The number of nitrogens with zero attached hydrogens (tertiary/aromatic N) is 3. The van der Waals surface area contributed by atoms with Crippen LogP contribution in [-0.2, 0) is 0 Å². The first kappa shape index (κ1) is 18.6. The maximum Gasteiger partial charge on any atom is 0.277 e. The number of anilines is 3. The normalized spacial score (nSPS) is 10.5. The number of hydrogen-bond acceptors (Lipinski definition) is 4. The molecule has 0 bridgehead atoms. The highest BCUT2D eigenvalue weighted by Crippen LogP contribution is 2.22. The lowest BCUT2D eigenvalue weighted by Crippen LogP contribution is -2.31. The van der Waals surface area contributed by atoms with Gasteiger partial charge >= 0.3 is 0 Å². The van der Waals surface area contributed by atoms with Gasteiger partial charge in [-0.1, -0.05) is 30.3 Å². The number of rotatable bonds is 5. The monoisotopic (exact) mass is 360 g/mol. The smallest absolute Gasteiger partial charge is 0.277 e. The minimum absolute atomic E-state index is 0.138. The van der Waals surface area contributed by atoms with E-state index in [0.29, 0.717) is 23.9 Å². The molecular formula is C22H24N4O. The van der Waals surface area contributed by atoms with Crippen molar-refractivity contribution >= 4 is 23.1 Å². The first-order valence-electron chi connectivity index (χ1n) is 9.05. The highest BCUT2D eigenvalue weighted by molar-refractivity contribution is 6.05. The van der Waals surface area contributed by atoms with Crippen molar-refractivity contribution in [3.63, 3.8) is 0 Å². The van der Waals surface area contributed by atoms with Crippen molar-refractivity contribution in [1.82, 2.24) is 9.97 Å². The molecule has 1 heterocycles. The number of aromatic nitrogens is 2. The molecule has 0 atom stereocenters. The van der Waals surface area contributed by atoms with E-state index in [1.165, 1.54) is 0 Å². The van der Waals surface area contributed by atoms with E-state index in [1.54, 1.807) is 17.9 Å². The molecule has 0 aliphatic carbocycles. The van der Waals surface area contributed by atoms with Crippen molar-refractivity contribution in [3.05, 3.63) is 77.2 Å². The molecule has 5 heteroatoms. The molecule has 3 rings (SSSR count). The van der Waals surface area contributed by atoms with Gasteiger partial charge in [-0.3, -0.25) is 4.79 Å². The second-order valence-electron chi connectivity index (χ2n) is 6.51. The summed E-state index contributed by atoms with van der Waals surface area (Å²) in [5, 5.41) is 3.29. The molecule has 1 amide bonds. The molecule has 27 heavy (non-hydrogen) atoms. The van der Waals surface area contributed by atoms with Gasteiger partial charge in [0, 0.05) is 24.0 Å². The van der Waals surface area contributed by atoms with Crippen LogP contribution in [0.15, 0.2) is 54.6 Å². The van der Waals surface area contributed by atoms with Crippen LogP contribution in [0.3, 0.4) is 0 Å². The van der Waals surface area contributed by atoms with Gasteiger partial charge in [-0.25, -0.2) is 9.97 Å². The molecule has 1 aromatic heterocycles. The summed E-state index contributed by atoms with van der Waals surface area (Å²) in [5.74, 6) is 1.03. The van der Waals surface area contributed by atoms with Crippen molar-refractivity contribution in [2.45, 2.75) is 27.7 Å². The largest absolute Gasteiger partial charge is 0.340 e. The molecule has 1 N–H and O–H groups in total. The molecule has 0 fully saturated rings. The minimum Gasteiger partial charge on any atom is -0.340 e. The van der Waals surface area contributed by atoms with Gasteiger partial charge in [0.1, 0.15) is 17.3 Å². The molecule has 0 saturated heterocycles. The number of hydrogen-bond donors (Lipinski definition) is 1. The van der Waals surface area contributed by atoms with E-state index in [2.05, 4.69) is 15.3 Å². The van der Waals surface area contributed by atoms with Crippen LogP contribution in [0, 0.1) is 20.8 Å². The van der Waals surface area contributed by atoms with Gasteiger partial charge in [0.15, 0.2) is 0 Å². The summed E-state index contributed by atoms with van der Waals surface area (Å²) >= 11 is 0. The van der Waals surface area contributed by atoms with Gasteiger partial charge in [-0.2, -0.15) is 0 Å². The molecule has 0 radical (unpaired) electrons. The third-order valence-corrected chi connectivity index (χ3v) is 4.34. The van der Waals surface area contributed by atoms with Crippen LogP contribution in [0.5, 0.6) is 0 Å². The van der Waals surface area contributed by atoms with Crippen LogP contribution < -0.4 is 10.2 Å². The molecule has 0 saturated carbocycles. The zero-order valence-electron chi connectivity index (χ0n) is 16.2. The van der Waals surface area contributed by atoms with E-state index >= 15 is 0 Å². The van der Waals surface area contributed by atoms with E-state index in [4.69, 9.17) is 0 Å². The number of aryl methyl sites for hydroxylation is 3. The number of carbonyl (C=O) groups is 1. The SMILES string of the molecule is CCN(C(=O)c1cc(Nc2ccccc2C)nc(C)n1)c1cccc(C)c1. The molecule has 0 spiro atoms. The fourth-order valence-corrected chi connectivity index (χ4v) is 2.97. The fraction of sp³-hybridized carbons (Fsp3) is 0.227. The summed E-state index contributed by atoms with van der Waals surface area (Å²) in [6.07, 6.45) is 0. The predicted molar refractivity (Wildman–Crippen MR) is 110 cm³/mol. The average Bonchev–Trinajstić information content (AvgIpc) is 2.64. The Morgan fingerprint density at radius 3 is 2.48 bits per heavy atom. The second kappa shape index (κ2) is 7.99.